The molecule has 0 saturated heterocycles. The van der Waals surface area contributed by atoms with Crippen molar-refractivity contribution in [2.24, 2.45) is 0 Å². The number of carbonyl (C=O) groups excluding carboxylic acids is 1. The summed E-state index contributed by atoms with van der Waals surface area (Å²) in [4.78, 5) is 14.6. The minimum absolute atomic E-state index is 0.0181. The fourth-order valence-electron chi connectivity index (χ4n) is 3.60. The lowest BCUT2D eigenvalue weighted by atomic mass is 9.94. The van der Waals surface area contributed by atoms with E-state index in [1.165, 1.54) is 12.5 Å². The molecule has 2 aliphatic rings. The van der Waals surface area contributed by atoms with Gasteiger partial charge in [0.15, 0.2) is 0 Å². The smallest absolute Gasteiger partial charge is 0.254 e. The van der Waals surface area contributed by atoms with Crippen LogP contribution in [0.15, 0.2) is 17.0 Å². The topological polar surface area (TPSA) is 66.5 Å². The molecule has 0 spiro atoms. The Morgan fingerprint density at radius 1 is 1.21 bits per heavy atom. The van der Waals surface area contributed by atoms with Crippen molar-refractivity contribution in [3.63, 3.8) is 0 Å². The first-order valence-electron chi connectivity index (χ1n) is 8.45. The molecular weight excluding hydrogens is 348 g/mol. The quantitative estimate of drug-likeness (QED) is 0.884. The molecule has 1 aliphatic carbocycles. The van der Waals surface area contributed by atoms with Gasteiger partial charge in [-0.15, -0.1) is 0 Å². The second-order valence-electron chi connectivity index (χ2n) is 6.94. The molecule has 5 nitrogen and oxygen atoms in total. The number of halogens is 1. The minimum Gasteiger partial charge on any atom is -0.331 e. The van der Waals surface area contributed by atoms with E-state index in [-0.39, 0.29) is 27.9 Å². The highest BCUT2D eigenvalue weighted by atomic mass is 35.5. The van der Waals surface area contributed by atoms with Gasteiger partial charge >= 0.3 is 0 Å². The van der Waals surface area contributed by atoms with Crippen molar-refractivity contribution in [3.05, 3.63) is 28.3 Å². The standard InChI is InChI=1S/C17H23ClN2O3S/c1-11(2)19-24(22,23)16-9-14-12(8-15(16)18)10-20(17(14)21)13-6-4-3-5-7-13/h8-9,11,13,19H,3-7,10H2,1-2H3. The maximum atomic E-state index is 12.8. The Labute approximate surface area is 148 Å². The number of sulfonamides is 1. The van der Waals surface area contributed by atoms with Gasteiger partial charge in [0, 0.05) is 24.2 Å². The van der Waals surface area contributed by atoms with Crippen molar-refractivity contribution in [3.8, 4) is 0 Å². The van der Waals surface area contributed by atoms with Gasteiger partial charge in [-0.25, -0.2) is 13.1 Å². The number of rotatable bonds is 4. The van der Waals surface area contributed by atoms with Crippen LogP contribution in [0.2, 0.25) is 5.02 Å². The van der Waals surface area contributed by atoms with Crippen LogP contribution >= 0.6 is 11.6 Å². The van der Waals surface area contributed by atoms with Crippen molar-refractivity contribution in [1.29, 1.82) is 0 Å². The van der Waals surface area contributed by atoms with E-state index in [9.17, 15) is 13.2 Å². The molecule has 1 saturated carbocycles. The summed E-state index contributed by atoms with van der Waals surface area (Å²) >= 11 is 6.21. The molecule has 24 heavy (non-hydrogen) atoms. The molecule has 1 aromatic carbocycles. The fourth-order valence-corrected chi connectivity index (χ4v) is 5.43. The number of hydrogen-bond donors (Lipinski definition) is 1. The highest BCUT2D eigenvalue weighted by Gasteiger charge is 2.35. The van der Waals surface area contributed by atoms with E-state index in [0.29, 0.717) is 12.1 Å². The molecule has 1 amide bonds. The average molecular weight is 371 g/mol. The third-order valence-electron chi connectivity index (χ3n) is 4.69. The number of fused-ring (bicyclic) bond motifs is 1. The Balaban J connectivity index is 1.93. The molecule has 1 aromatic rings. The third kappa shape index (κ3) is 3.32. The Hall–Kier alpha value is -1.11. The highest BCUT2D eigenvalue weighted by Crippen LogP contribution is 2.35. The normalized spacial score (nSPS) is 19.2. The second-order valence-corrected chi connectivity index (χ2v) is 9.03. The number of hydrogen-bond acceptors (Lipinski definition) is 3. The summed E-state index contributed by atoms with van der Waals surface area (Å²) in [5, 5.41) is 0.167. The number of amides is 1. The van der Waals surface area contributed by atoms with E-state index in [2.05, 4.69) is 4.72 Å². The monoisotopic (exact) mass is 370 g/mol. The predicted octanol–water partition coefficient (Wildman–Crippen LogP) is 3.32. The molecule has 7 heteroatoms. The molecular formula is C17H23ClN2O3S. The van der Waals surface area contributed by atoms with Crippen LogP contribution in [-0.4, -0.2) is 31.3 Å². The molecule has 0 aromatic heterocycles. The number of carbonyl (C=O) groups is 1. The van der Waals surface area contributed by atoms with Crippen LogP contribution in [0, 0.1) is 0 Å². The zero-order valence-corrected chi connectivity index (χ0v) is 15.6. The first kappa shape index (κ1) is 17.7. The van der Waals surface area contributed by atoms with Crippen molar-refractivity contribution >= 4 is 27.5 Å². The van der Waals surface area contributed by atoms with Crippen molar-refractivity contribution in [1.82, 2.24) is 9.62 Å². The van der Waals surface area contributed by atoms with Crippen LogP contribution < -0.4 is 4.72 Å². The van der Waals surface area contributed by atoms with E-state index in [0.717, 1.165) is 31.2 Å². The maximum Gasteiger partial charge on any atom is 0.254 e. The van der Waals surface area contributed by atoms with E-state index >= 15 is 0 Å². The molecule has 0 atom stereocenters. The fraction of sp³-hybridized carbons (Fsp3) is 0.588. The summed E-state index contributed by atoms with van der Waals surface area (Å²) in [6.45, 7) is 4.01. The van der Waals surface area contributed by atoms with Gasteiger partial charge in [-0.2, -0.15) is 0 Å². The van der Waals surface area contributed by atoms with E-state index in [1.807, 2.05) is 4.90 Å². The minimum atomic E-state index is -3.73. The number of nitrogens with one attached hydrogen (secondary N) is 1. The van der Waals surface area contributed by atoms with Crippen LogP contribution in [0.3, 0.4) is 0 Å². The molecule has 3 rings (SSSR count). The van der Waals surface area contributed by atoms with Gasteiger partial charge in [0.2, 0.25) is 10.0 Å². The molecule has 1 fully saturated rings. The van der Waals surface area contributed by atoms with Crippen LogP contribution in [0.25, 0.3) is 0 Å². The lowest BCUT2D eigenvalue weighted by molar-refractivity contribution is 0.0660. The molecule has 0 unspecified atom stereocenters. The van der Waals surface area contributed by atoms with Gasteiger partial charge in [-0.05, 0) is 44.4 Å². The van der Waals surface area contributed by atoms with E-state index in [1.54, 1.807) is 19.9 Å². The lowest BCUT2D eigenvalue weighted by Gasteiger charge is -2.30. The Kier molecular flexibility index (Phi) is 4.91. The zero-order valence-electron chi connectivity index (χ0n) is 14.0. The zero-order chi connectivity index (χ0) is 17.5. The van der Waals surface area contributed by atoms with Crippen LogP contribution in [0.4, 0.5) is 0 Å². The lowest BCUT2D eigenvalue weighted by Crippen LogP contribution is -2.36. The summed E-state index contributed by atoms with van der Waals surface area (Å²) in [6, 6.07) is 3.08. The average Bonchev–Trinajstić information content (AvgIpc) is 2.82. The Morgan fingerprint density at radius 2 is 1.88 bits per heavy atom. The van der Waals surface area contributed by atoms with Crippen molar-refractivity contribution in [2.75, 3.05) is 0 Å². The van der Waals surface area contributed by atoms with Gasteiger partial charge in [0.05, 0.1) is 5.02 Å². The van der Waals surface area contributed by atoms with Crippen LogP contribution in [0.5, 0.6) is 0 Å². The first-order valence-corrected chi connectivity index (χ1v) is 10.3. The summed E-state index contributed by atoms with van der Waals surface area (Å²) < 4.78 is 27.4. The van der Waals surface area contributed by atoms with E-state index in [4.69, 9.17) is 11.6 Å². The predicted molar refractivity (Wildman–Crippen MR) is 93.7 cm³/mol. The third-order valence-corrected chi connectivity index (χ3v) is 6.81. The molecule has 1 heterocycles. The molecule has 1 aliphatic heterocycles. The largest absolute Gasteiger partial charge is 0.331 e. The van der Waals surface area contributed by atoms with Gasteiger partial charge in [-0.1, -0.05) is 30.9 Å². The van der Waals surface area contributed by atoms with Crippen molar-refractivity contribution in [2.45, 2.75) is 69.5 Å². The summed E-state index contributed by atoms with van der Waals surface area (Å²) in [7, 11) is -3.73. The maximum absolute atomic E-state index is 12.8. The van der Waals surface area contributed by atoms with Gasteiger partial charge < -0.3 is 4.90 Å². The highest BCUT2D eigenvalue weighted by molar-refractivity contribution is 7.89. The summed E-state index contributed by atoms with van der Waals surface area (Å²) in [6.07, 6.45) is 5.55. The Bertz CT molecular complexity index is 755. The van der Waals surface area contributed by atoms with Gasteiger partial charge in [0.1, 0.15) is 4.90 Å². The number of nitrogens with zero attached hydrogens (tertiary/aromatic N) is 1. The van der Waals surface area contributed by atoms with Crippen LogP contribution in [0.1, 0.15) is 61.9 Å². The number of benzene rings is 1. The first-order chi connectivity index (χ1) is 11.3. The molecule has 132 valence electrons. The molecule has 1 N–H and O–H groups in total. The molecule has 0 radical (unpaired) electrons. The Morgan fingerprint density at radius 3 is 2.50 bits per heavy atom. The SMILES string of the molecule is CC(C)NS(=O)(=O)c1cc2c(cc1Cl)CN(C1CCCCC1)C2=O. The van der Waals surface area contributed by atoms with Crippen molar-refractivity contribution < 1.29 is 13.2 Å². The van der Waals surface area contributed by atoms with Crippen LogP contribution in [-0.2, 0) is 16.6 Å². The van der Waals surface area contributed by atoms with Gasteiger partial charge in [0.25, 0.3) is 5.91 Å². The van der Waals surface area contributed by atoms with Gasteiger partial charge in [-0.3, -0.25) is 4.79 Å². The molecule has 0 bridgehead atoms. The summed E-state index contributed by atoms with van der Waals surface area (Å²) in [5.41, 5.74) is 1.29. The second kappa shape index (κ2) is 6.65. The van der Waals surface area contributed by atoms with E-state index < -0.39 is 10.0 Å². The summed E-state index contributed by atoms with van der Waals surface area (Å²) in [5.74, 6) is -0.0745.